The Morgan fingerprint density at radius 1 is 1.59 bits per heavy atom. The van der Waals surface area contributed by atoms with Crippen molar-refractivity contribution in [2.24, 2.45) is 7.05 Å². The number of aryl methyl sites for hydroxylation is 2. The van der Waals surface area contributed by atoms with E-state index in [0.717, 1.165) is 0 Å². The molecule has 2 rings (SSSR count). The fourth-order valence-corrected chi connectivity index (χ4v) is 1.57. The van der Waals surface area contributed by atoms with Crippen LogP contribution in [-0.4, -0.2) is 15.7 Å². The first kappa shape index (κ1) is 11.5. The van der Waals surface area contributed by atoms with Crippen molar-refractivity contribution < 1.29 is 9.21 Å². The molecule has 90 valence electrons. The maximum Gasteiger partial charge on any atom is 0.292 e. The third-order valence-electron chi connectivity index (χ3n) is 2.30. The van der Waals surface area contributed by atoms with E-state index in [2.05, 4.69) is 10.4 Å². The average Bonchev–Trinajstić information content (AvgIpc) is 2.79. The highest BCUT2D eigenvalue weighted by molar-refractivity contribution is 6.29. The molecule has 1 amide bonds. The van der Waals surface area contributed by atoms with Gasteiger partial charge in [0.05, 0.1) is 11.4 Å². The van der Waals surface area contributed by atoms with Gasteiger partial charge < -0.3 is 15.5 Å². The number of aromatic nitrogens is 2. The number of nitrogens with zero attached hydrogens (tertiary/aromatic N) is 2. The van der Waals surface area contributed by atoms with Gasteiger partial charge in [-0.15, -0.1) is 0 Å². The normalized spacial score (nSPS) is 10.5. The summed E-state index contributed by atoms with van der Waals surface area (Å²) in [5, 5.41) is 6.85. The van der Waals surface area contributed by atoms with Gasteiger partial charge in [-0.3, -0.25) is 9.48 Å². The predicted octanol–water partition coefficient (Wildman–Crippen LogP) is 1.81. The van der Waals surface area contributed by atoms with Gasteiger partial charge in [0.15, 0.2) is 16.8 Å². The van der Waals surface area contributed by atoms with Gasteiger partial charge in [-0.2, -0.15) is 5.10 Å². The molecule has 0 bridgehead atoms. The van der Waals surface area contributed by atoms with Crippen molar-refractivity contribution in [3.05, 3.63) is 28.8 Å². The van der Waals surface area contributed by atoms with E-state index in [4.69, 9.17) is 21.8 Å². The van der Waals surface area contributed by atoms with E-state index < -0.39 is 5.91 Å². The first-order valence-electron chi connectivity index (χ1n) is 4.85. The van der Waals surface area contributed by atoms with Crippen molar-refractivity contribution in [1.82, 2.24) is 9.78 Å². The van der Waals surface area contributed by atoms with E-state index in [1.807, 2.05) is 0 Å². The number of hydrogen-bond donors (Lipinski definition) is 2. The Balaban J connectivity index is 2.24. The summed E-state index contributed by atoms with van der Waals surface area (Å²) in [6.45, 7) is 1.76. The summed E-state index contributed by atoms with van der Waals surface area (Å²) in [6, 6.07) is 2.98. The molecule has 0 spiro atoms. The molecule has 0 aromatic carbocycles. The van der Waals surface area contributed by atoms with Crippen molar-refractivity contribution in [3.63, 3.8) is 0 Å². The van der Waals surface area contributed by atoms with Crippen LogP contribution in [0.2, 0.25) is 5.22 Å². The van der Waals surface area contributed by atoms with Crippen LogP contribution in [-0.2, 0) is 7.05 Å². The van der Waals surface area contributed by atoms with Gasteiger partial charge in [0.25, 0.3) is 5.91 Å². The van der Waals surface area contributed by atoms with Crippen LogP contribution in [0.3, 0.4) is 0 Å². The van der Waals surface area contributed by atoms with E-state index in [-0.39, 0.29) is 11.0 Å². The number of carbonyl (C=O) groups is 1. The maximum atomic E-state index is 11.8. The molecular formula is C10H11ClN4O2. The van der Waals surface area contributed by atoms with Crippen LogP contribution in [0.1, 0.15) is 16.2 Å². The zero-order chi connectivity index (χ0) is 12.6. The average molecular weight is 255 g/mol. The van der Waals surface area contributed by atoms with Crippen LogP contribution in [0.25, 0.3) is 0 Å². The first-order chi connectivity index (χ1) is 7.99. The van der Waals surface area contributed by atoms with Gasteiger partial charge in [-0.1, -0.05) is 0 Å². The van der Waals surface area contributed by atoms with Gasteiger partial charge in [0.1, 0.15) is 0 Å². The third-order valence-corrected chi connectivity index (χ3v) is 2.50. The van der Waals surface area contributed by atoms with E-state index in [9.17, 15) is 4.79 Å². The monoisotopic (exact) mass is 254 g/mol. The quantitative estimate of drug-likeness (QED) is 0.856. The lowest BCUT2D eigenvalue weighted by molar-refractivity contribution is 0.0996. The maximum absolute atomic E-state index is 11.8. The van der Waals surface area contributed by atoms with Gasteiger partial charge in [-0.25, -0.2) is 0 Å². The van der Waals surface area contributed by atoms with Crippen LogP contribution in [0.15, 0.2) is 16.5 Å². The van der Waals surface area contributed by atoms with Crippen LogP contribution in [0.5, 0.6) is 0 Å². The van der Waals surface area contributed by atoms with E-state index in [1.165, 1.54) is 16.8 Å². The third kappa shape index (κ3) is 2.12. The van der Waals surface area contributed by atoms with Crippen molar-refractivity contribution >= 4 is 29.0 Å². The molecule has 2 aromatic rings. The molecule has 7 heteroatoms. The van der Waals surface area contributed by atoms with E-state index >= 15 is 0 Å². The van der Waals surface area contributed by atoms with E-state index in [1.54, 1.807) is 14.0 Å². The van der Waals surface area contributed by atoms with Gasteiger partial charge in [-0.05, 0) is 30.7 Å². The molecule has 2 aromatic heterocycles. The molecule has 0 atom stereocenters. The van der Waals surface area contributed by atoms with Gasteiger partial charge in [0.2, 0.25) is 0 Å². The number of carbonyl (C=O) groups excluding carboxylic acids is 1. The summed E-state index contributed by atoms with van der Waals surface area (Å²) >= 11 is 5.59. The summed E-state index contributed by atoms with van der Waals surface area (Å²) in [5.41, 5.74) is 6.86. The molecule has 0 aliphatic rings. The molecule has 0 unspecified atom stereocenters. The van der Waals surface area contributed by atoms with Crippen LogP contribution in [0.4, 0.5) is 11.5 Å². The first-order valence-corrected chi connectivity index (χ1v) is 5.22. The number of amides is 1. The number of hydrogen-bond acceptors (Lipinski definition) is 4. The van der Waals surface area contributed by atoms with E-state index in [0.29, 0.717) is 17.2 Å². The largest absolute Gasteiger partial charge is 0.440 e. The van der Waals surface area contributed by atoms with Crippen LogP contribution < -0.4 is 11.1 Å². The molecule has 6 nitrogen and oxygen atoms in total. The van der Waals surface area contributed by atoms with Crippen LogP contribution in [0, 0.1) is 6.92 Å². The van der Waals surface area contributed by atoms with Gasteiger partial charge in [0, 0.05) is 7.05 Å². The molecule has 3 N–H and O–H groups in total. The van der Waals surface area contributed by atoms with Crippen molar-refractivity contribution in [3.8, 4) is 0 Å². The lowest BCUT2D eigenvalue weighted by Gasteiger charge is -2.04. The standard InChI is InChI=1S/C10H11ClN4O2/c1-5-8(12)9(15(2)14-5)13-10(16)6-3-4-7(11)17-6/h3-4H,12H2,1-2H3,(H,13,16). The number of rotatable bonds is 2. The Morgan fingerprint density at radius 2 is 2.29 bits per heavy atom. The minimum Gasteiger partial charge on any atom is -0.440 e. The predicted molar refractivity (Wildman–Crippen MR) is 64.0 cm³/mol. The number of furan rings is 1. The Labute approximate surface area is 102 Å². The number of nitrogen functional groups attached to an aromatic ring is 1. The number of anilines is 2. The molecule has 0 aliphatic heterocycles. The molecular weight excluding hydrogens is 244 g/mol. The van der Waals surface area contributed by atoms with Crippen molar-refractivity contribution in [2.75, 3.05) is 11.1 Å². The topological polar surface area (TPSA) is 86.1 Å². The lowest BCUT2D eigenvalue weighted by Crippen LogP contribution is -2.14. The minimum absolute atomic E-state index is 0.119. The summed E-state index contributed by atoms with van der Waals surface area (Å²) in [7, 11) is 1.69. The zero-order valence-electron chi connectivity index (χ0n) is 9.32. The summed E-state index contributed by atoms with van der Waals surface area (Å²) in [5.74, 6) is 0.125. The second-order valence-corrected chi connectivity index (χ2v) is 3.90. The number of halogens is 1. The number of nitrogens with two attached hydrogens (primary N) is 1. The fraction of sp³-hybridized carbons (Fsp3) is 0.200. The highest BCUT2D eigenvalue weighted by Crippen LogP contribution is 2.22. The Kier molecular flexibility index (Phi) is 2.81. The van der Waals surface area contributed by atoms with Crippen LogP contribution >= 0.6 is 11.6 Å². The molecule has 2 heterocycles. The Morgan fingerprint density at radius 3 is 2.76 bits per heavy atom. The lowest BCUT2D eigenvalue weighted by atomic mass is 10.3. The molecule has 0 aliphatic carbocycles. The molecule has 0 saturated carbocycles. The smallest absolute Gasteiger partial charge is 0.292 e. The Hall–Kier alpha value is -1.95. The fourth-order valence-electron chi connectivity index (χ4n) is 1.43. The molecule has 0 saturated heterocycles. The highest BCUT2D eigenvalue weighted by Gasteiger charge is 2.16. The molecule has 0 fully saturated rings. The Bertz CT molecular complexity index is 573. The summed E-state index contributed by atoms with van der Waals surface area (Å²) in [4.78, 5) is 11.8. The SMILES string of the molecule is Cc1nn(C)c(NC(=O)c2ccc(Cl)o2)c1N. The number of nitrogens with one attached hydrogen (secondary N) is 1. The molecule has 17 heavy (non-hydrogen) atoms. The van der Waals surface area contributed by atoms with Gasteiger partial charge >= 0.3 is 0 Å². The second kappa shape index (κ2) is 4.14. The van der Waals surface area contributed by atoms with Crippen molar-refractivity contribution in [1.29, 1.82) is 0 Å². The minimum atomic E-state index is -0.424. The summed E-state index contributed by atoms with van der Waals surface area (Å²) in [6.07, 6.45) is 0. The zero-order valence-corrected chi connectivity index (χ0v) is 10.1. The summed E-state index contributed by atoms with van der Waals surface area (Å²) < 4.78 is 6.48. The second-order valence-electron chi connectivity index (χ2n) is 3.53. The molecule has 0 radical (unpaired) electrons. The van der Waals surface area contributed by atoms with Crippen molar-refractivity contribution in [2.45, 2.75) is 6.92 Å². The highest BCUT2D eigenvalue weighted by atomic mass is 35.5.